The molecule has 0 radical (unpaired) electrons. The first-order chi connectivity index (χ1) is 16.9. The van der Waals surface area contributed by atoms with Crippen molar-refractivity contribution in [2.24, 2.45) is 7.05 Å². The summed E-state index contributed by atoms with van der Waals surface area (Å²) in [7, 11) is 1.99. The molecule has 0 aliphatic heterocycles. The summed E-state index contributed by atoms with van der Waals surface area (Å²) in [5.74, 6) is 0. The predicted octanol–water partition coefficient (Wildman–Crippen LogP) is 7.87. The molecule has 0 amide bonds. The molecule has 0 atom stereocenters. The average Bonchev–Trinajstić information content (AvgIpc) is 3.44. The fourth-order valence-corrected chi connectivity index (χ4v) is 4.52. The zero-order valence-corrected chi connectivity index (χ0v) is 21.2. The fourth-order valence-electron chi connectivity index (χ4n) is 3.87. The number of benzene rings is 2. The second-order valence-electron chi connectivity index (χ2n) is 7.59. The van der Waals surface area contributed by atoms with Gasteiger partial charge in [0.2, 0.25) is 10.6 Å². The number of hydrogen-bond acceptors (Lipinski definition) is 4. The van der Waals surface area contributed by atoms with Gasteiger partial charge in [0.1, 0.15) is 0 Å². The summed E-state index contributed by atoms with van der Waals surface area (Å²) in [6, 6.07) is 16.0. The molecule has 0 aliphatic carbocycles. The van der Waals surface area contributed by atoms with Crippen LogP contribution in [-0.2, 0) is 7.05 Å². The van der Waals surface area contributed by atoms with Crippen LogP contribution in [0.2, 0.25) is 20.6 Å². The maximum Gasteiger partial charge on any atom is 0.222 e. The molecule has 1 N–H and O–H groups in total. The smallest absolute Gasteiger partial charge is 0.222 e. The van der Waals surface area contributed by atoms with Gasteiger partial charge in [0, 0.05) is 52.4 Å². The van der Waals surface area contributed by atoms with Crippen LogP contribution in [0, 0.1) is 0 Å². The standard InChI is InChI=1S/C13H9Cl2N3.C12H7Cl2N3/c1-18-7-9(8-4-2-3-5-11(8)18)12-10(14)6-16-13(15)17-12;13-9-6-16-12(14)17-11(9)8-5-15-10-4-2-1-3-7(8)10/h2-7H,1H3;1-6,15H. The lowest BCUT2D eigenvalue weighted by Gasteiger charge is -2.01. The fraction of sp³-hybridized carbons (Fsp3) is 0.0400. The Morgan fingerprint density at radius 3 is 1.97 bits per heavy atom. The van der Waals surface area contributed by atoms with Crippen LogP contribution in [-0.4, -0.2) is 29.5 Å². The first-order valence-electron chi connectivity index (χ1n) is 10.4. The Bertz CT molecular complexity index is 1670. The zero-order valence-electron chi connectivity index (χ0n) is 18.2. The SMILES string of the molecule is Clc1ncc(Cl)c(-c2c[nH]c3ccccc23)n1.Cn1cc(-c2nc(Cl)ncc2Cl)c2ccccc21. The molecule has 2 aromatic carbocycles. The van der Waals surface area contributed by atoms with Gasteiger partial charge in [0.25, 0.3) is 0 Å². The number of fused-ring (bicyclic) bond motifs is 2. The Kier molecular flexibility index (Phi) is 6.62. The highest BCUT2D eigenvalue weighted by atomic mass is 35.5. The molecule has 0 saturated heterocycles. The molecule has 4 aromatic heterocycles. The molecule has 6 rings (SSSR count). The van der Waals surface area contributed by atoms with Gasteiger partial charge >= 0.3 is 0 Å². The number of nitrogens with one attached hydrogen (secondary N) is 1. The van der Waals surface area contributed by atoms with Gasteiger partial charge in [-0.2, -0.15) is 0 Å². The lowest BCUT2D eigenvalue weighted by molar-refractivity contribution is 0.969. The van der Waals surface area contributed by atoms with E-state index in [1.165, 1.54) is 12.4 Å². The minimum absolute atomic E-state index is 0.190. The Labute approximate surface area is 220 Å². The Balaban J connectivity index is 0.000000145. The van der Waals surface area contributed by atoms with Gasteiger partial charge in [-0.15, -0.1) is 0 Å². The topological polar surface area (TPSA) is 72.3 Å². The summed E-state index contributed by atoms with van der Waals surface area (Å²) < 4.78 is 2.04. The van der Waals surface area contributed by atoms with Crippen molar-refractivity contribution in [1.82, 2.24) is 29.5 Å². The molecular weight excluding hydrogens is 526 g/mol. The second-order valence-corrected chi connectivity index (χ2v) is 9.08. The monoisotopic (exact) mass is 540 g/mol. The number of aryl methyl sites for hydroxylation is 1. The van der Waals surface area contributed by atoms with Crippen molar-refractivity contribution in [2.45, 2.75) is 0 Å². The molecule has 6 aromatic rings. The molecule has 35 heavy (non-hydrogen) atoms. The Morgan fingerprint density at radius 1 is 0.714 bits per heavy atom. The van der Waals surface area contributed by atoms with E-state index in [0.29, 0.717) is 21.4 Å². The molecule has 174 valence electrons. The molecular formula is C25H16Cl4N6. The van der Waals surface area contributed by atoms with Gasteiger partial charge in [-0.1, -0.05) is 59.6 Å². The third kappa shape index (κ3) is 4.70. The van der Waals surface area contributed by atoms with Crippen molar-refractivity contribution in [3.63, 3.8) is 0 Å². The van der Waals surface area contributed by atoms with E-state index in [0.717, 1.165) is 32.9 Å². The molecule has 0 bridgehead atoms. The second kappa shape index (κ2) is 9.84. The van der Waals surface area contributed by atoms with Gasteiger partial charge in [-0.25, -0.2) is 19.9 Å². The molecule has 0 spiro atoms. The molecule has 6 nitrogen and oxygen atoms in total. The highest BCUT2D eigenvalue weighted by molar-refractivity contribution is 6.34. The molecule has 0 saturated carbocycles. The first kappa shape index (κ1) is 23.6. The van der Waals surface area contributed by atoms with Crippen molar-refractivity contribution in [3.8, 4) is 22.5 Å². The number of aromatic amines is 1. The molecule has 0 aliphatic rings. The minimum atomic E-state index is 0.190. The summed E-state index contributed by atoms with van der Waals surface area (Å²) in [4.78, 5) is 19.3. The number of hydrogen-bond donors (Lipinski definition) is 1. The number of H-pyrrole nitrogens is 1. The third-order valence-electron chi connectivity index (χ3n) is 5.43. The van der Waals surface area contributed by atoms with Crippen molar-refractivity contribution < 1.29 is 0 Å². The van der Waals surface area contributed by atoms with E-state index in [2.05, 4.69) is 31.0 Å². The Hall–Kier alpha value is -3.16. The zero-order chi connectivity index (χ0) is 24.5. The largest absolute Gasteiger partial charge is 0.360 e. The van der Waals surface area contributed by atoms with Crippen LogP contribution >= 0.6 is 46.4 Å². The van der Waals surface area contributed by atoms with Gasteiger partial charge < -0.3 is 9.55 Å². The van der Waals surface area contributed by atoms with E-state index >= 15 is 0 Å². The van der Waals surface area contributed by atoms with Crippen molar-refractivity contribution in [2.75, 3.05) is 0 Å². The van der Waals surface area contributed by atoms with Gasteiger partial charge in [0.15, 0.2) is 0 Å². The van der Waals surface area contributed by atoms with Crippen LogP contribution in [0.4, 0.5) is 0 Å². The maximum absolute atomic E-state index is 6.15. The van der Waals surface area contributed by atoms with Crippen LogP contribution in [0.1, 0.15) is 0 Å². The maximum atomic E-state index is 6.15. The lowest BCUT2D eigenvalue weighted by atomic mass is 10.1. The summed E-state index contributed by atoms with van der Waals surface area (Å²) in [6.07, 6.45) is 6.90. The van der Waals surface area contributed by atoms with Crippen LogP contribution < -0.4 is 0 Å². The number of nitrogens with zero attached hydrogens (tertiary/aromatic N) is 5. The number of rotatable bonds is 2. The van der Waals surface area contributed by atoms with Crippen LogP contribution in [0.5, 0.6) is 0 Å². The highest BCUT2D eigenvalue weighted by Crippen LogP contribution is 2.34. The first-order valence-corrected chi connectivity index (χ1v) is 11.9. The highest BCUT2D eigenvalue weighted by Gasteiger charge is 2.14. The van der Waals surface area contributed by atoms with Crippen LogP contribution in [0.15, 0.2) is 73.3 Å². The molecule has 10 heteroatoms. The molecule has 0 unspecified atom stereocenters. The number of aromatic nitrogens is 6. The van der Waals surface area contributed by atoms with E-state index in [1.807, 2.05) is 66.5 Å². The average molecular weight is 542 g/mol. The van der Waals surface area contributed by atoms with E-state index in [1.54, 1.807) is 0 Å². The van der Waals surface area contributed by atoms with Gasteiger partial charge in [0.05, 0.1) is 33.8 Å². The van der Waals surface area contributed by atoms with Crippen molar-refractivity contribution >= 4 is 68.2 Å². The van der Waals surface area contributed by atoms with Gasteiger partial charge in [-0.3, -0.25) is 0 Å². The van der Waals surface area contributed by atoms with E-state index in [-0.39, 0.29) is 10.6 Å². The van der Waals surface area contributed by atoms with E-state index in [9.17, 15) is 0 Å². The summed E-state index contributed by atoms with van der Waals surface area (Å²) >= 11 is 23.9. The van der Waals surface area contributed by atoms with E-state index in [4.69, 9.17) is 46.4 Å². The summed E-state index contributed by atoms with van der Waals surface area (Å²) in [5.41, 5.74) is 5.35. The van der Waals surface area contributed by atoms with Crippen LogP contribution in [0.25, 0.3) is 44.3 Å². The molecule has 4 heterocycles. The normalized spacial score (nSPS) is 11.0. The Morgan fingerprint density at radius 2 is 1.29 bits per heavy atom. The van der Waals surface area contributed by atoms with E-state index < -0.39 is 0 Å². The minimum Gasteiger partial charge on any atom is -0.360 e. The number of para-hydroxylation sites is 2. The summed E-state index contributed by atoms with van der Waals surface area (Å²) in [6.45, 7) is 0. The number of halogens is 4. The quantitative estimate of drug-likeness (QED) is 0.226. The molecule has 0 fully saturated rings. The lowest BCUT2D eigenvalue weighted by Crippen LogP contribution is -1.88. The summed E-state index contributed by atoms with van der Waals surface area (Å²) in [5, 5.41) is 3.52. The van der Waals surface area contributed by atoms with Crippen molar-refractivity contribution in [3.05, 3.63) is 93.9 Å². The third-order valence-corrected chi connectivity index (χ3v) is 6.34. The van der Waals surface area contributed by atoms with Crippen molar-refractivity contribution in [1.29, 1.82) is 0 Å². The van der Waals surface area contributed by atoms with Gasteiger partial charge in [-0.05, 0) is 35.3 Å². The predicted molar refractivity (Wildman–Crippen MR) is 143 cm³/mol. The van der Waals surface area contributed by atoms with Crippen LogP contribution in [0.3, 0.4) is 0 Å².